The zero-order chi connectivity index (χ0) is 10.7. The summed E-state index contributed by atoms with van der Waals surface area (Å²) in [6, 6.07) is 2.76. The van der Waals surface area contributed by atoms with Crippen LogP contribution in [-0.4, -0.2) is 16.8 Å². The van der Waals surface area contributed by atoms with Crippen LogP contribution < -0.4 is 5.32 Å². The van der Waals surface area contributed by atoms with Gasteiger partial charge < -0.3 is 5.32 Å². The molecule has 1 N–H and O–H groups in total. The Labute approximate surface area is 91.9 Å². The van der Waals surface area contributed by atoms with E-state index in [1.54, 1.807) is 0 Å². The largest absolute Gasteiger partial charge is 0.314 e. The number of nitrogens with one attached hydrogen (secondary N) is 1. The molecule has 3 nitrogen and oxygen atoms in total. The minimum Gasteiger partial charge on any atom is -0.314 e. The molecule has 1 aromatic rings. The van der Waals surface area contributed by atoms with E-state index in [2.05, 4.69) is 34.3 Å². The normalized spacial score (nSPS) is 26.8. The van der Waals surface area contributed by atoms with Gasteiger partial charge in [-0.05, 0) is 44.7 Å². The first-order valence-electron chi connectivity index (χ1n) is 5.98. The van der Waals surface area contributed by atoms with Gasteiger partial charge in [0.25, 0.3) is 0 Å². The molecule has 0 atom stereocenters. The summed E-state index contributed by atoms with van der Waals surface area (Å²) in [4.78, 5) is 0. The Bertz CT molecular complexity index is 298. The molecule has 0 aromatic carbocycles. The van der Waals surface area contributed by atoms with E-state index in [0.717, 1.165) is 18.2 Å². The van der Waals surface area contributed by atoms with Gasteiger partial charge in [0.2, 0.25) is 0 Å². The minimum absolute atomic E-state index is 0.645. The van der Waals surface area contributed by atoms with Gasteiger partial charge in [-0.3, -0.25) is 4.68 Å². The van der Waals surface area contributed by atoms with Crippen molar-refractivity contribution in [3.05, 3.63) is 18.0 Å². The Hall–Kier alpha value is -0.830. The van der Waals surface area contributed by atoms with Gasteiger partial charge in [-0.1, -0.05) is 6.92 Å². The average molecular weight is 207 g/mol. The summed E-state index contributed by atoms with van der Waals surface area (Å²) in [7, 11) is 1.96. The van der Waals surface area contributed by atoms with E-state index in [1.807, 2.05) is 7.05 Å². The average Bonchev–Trinajstić information content (AvgIpc) is 2.68. The lowest BCUT2D eigenvalue weighted by molar-refractivity contribution is 0.273. The first-order chi connectivity index (χ1) is 7.29. The van der Waals surface area contributed by atoms with E-state index in [4.69, 9.17) is 0 Å². The molecular weight excluding hydrogens is 186 g/mol. The Morgan fingerprint density at radius 2 is 2.13 bits per heavy atom. The number of aromatic nitrogens is 2. The monoisotopic (exact) mass is 207 g/mol. The van der Waals surface area contributed by atoms with Crippen molar-refractivity contribution < 1.29 is 0 Å². The van der Waals surface area contributed by atoms with Crippen molar-refractivity contribution in [1.29, 1.82) is 0 Å². The van der Waals surface area contributed by atoms with Crippen molar-refractivity contribution in [2.75, 3.05) is 7.05 Å². The highest BCUT2D eigenvalue weighted by atomic mass is 15.3. The Morgan fingerprint density at radius 1 is 1.40 bits per heavy atom. The van der Waals surface area contributed by atoms with Crippen LogP contribution in [0.25, 0.3) is 0 Å². The lowest BCUT2D eigenvalue weighted by Crippen LogP contribution is -2.17. The maximum Gasteiger partial charge on any atom is 0.0762 e. The third kappa shape index (κ3) is 2.59. The zero-order valence-corrected chi connectivity index (χ0v) is 9.74. The SMILES string of the molecule is CNCc1ccn(C2CCC(C)CC2)n1. The molecular formula is C12H21N3. The van der Waals surface area contributed by atoms with E-state index < -0.39 is 0 Å². The van der Waals surface area contributed by atoms with Crippen LogP contribution in [-0.2, 0) is 6.54 Å². The Balaban J connectivity index is 1.96. The molecule has 1 aliphatic rings. The molecule has 0 unspecified atom stereocenters. The molecule has 0 spiro atoms. The second kappa shape index (κ2) is 4.79. The molecule has 15 heavy (non-hydrogen) atoms. The van der Waals surface area contributed by atoms with Gasteiger partial charge >= 0.3 is 0 Å². The highest BCUT2D eigenvalue weighted by Crippen LogP contribution is 2.31. The van der Waals surface area contributed by atoms with E-state index in [-0.39, 0.29) is 0 Å². The molecule has 3 heteroatoms. The smallest absolute Gasteiger partial charge is 0.0762 e. The molecule has 0 radical (unpaired) electrons. The van der Waals surface area contributed by atoms with Crippen molar-refractivity contribution >= 4 is 0 Å². The van der Waals surface area contributed by atoms with Gasteiger partial charge in [-0.2, -0.15) is 5.10 Å². The molecule has 0 amide bonds. The summed E-state index contributed by atoms with van der Waals surface area (Å²) >= 11 is 0. The minimum atomic E-state index is 0.645. The molecule has 1 aliphatic carbocycles. The second-order valence-corrected chi connectivity index (χ2v) is 4.73. The summed E-state index contributed by atoms with van der Waals surface area (Å²) in [6.07, 6.45) is 7.43. The molecule has 0 saturated heterocycles. The third-order valence-electron chi connectivity index (χ3n) is 3.38. The fraction of sp³-hybridized carbons (Fsp3) is 0.750. The maximum absolute atomic E-state index is 4.60. The van der Waals surface area contributed by atoms with Crippen LogP contribution in [0.4, 0.5) is 0 Å². The zero-order valence-electron chi connectivity index (χ0n) is 9.74. The van der Waals surface area contributed by atoms with Gasteiger partial charge in [-0.15, -0.1) is 0 Å². The van der Waals surface area contributed by atoms with Crippen LogP contribution in [0.3, 0.4) is 0 Å². The summed E-state index contributed by atoms with van der Waals surface area (Å²) < 4.78 is 2.17. The molecule has 1 aromatic heterocycles. The van der Waals surface area contributed by atoms with E-state index in [1.165, 1.54) is 25.7 Å². The number of nitrogens with zero attached hydrogens (tertiary/aromatic N) is 2. The molecule has 1 fully saturated rings. The van der Waals surface area contributed by atoms with Gasteiger partial charge in [0.05, 0.1) is 11.7 Å². The lowest BCUT2D eigenvalue weighted by atomic mass is 9.87. The molecule has 2 rings (SSSR count). The number of rotatable bonds is 3. The summed E-state index contributed by atoms with van der Waals surface area (Å²) in [5.74, 6) is 0.911. The topological polar surface area (TPSA) is 29.9 Å². The van der Waals surface area contributed by atoms with Gasteiger partial charge in [0.1, 0.15) is 0 Å². The van der Waals surface area contributed by atoms with Gasteiger partial charge in [0.15, 0.2) is 0 Å². The lowest BCUT2D eigenvalue weighted by Gasteiger charge is -2.26. The maximum atomic E-state index is 4.60. The van der Waals surface area contributed by atoms with Crippen LogP contribution in [0.15, 0.2) is 12.3 Å². The van der Waals surface area contributed by atoms with Crippen molar-refractivity contribution in [1.82, 2.24) is 15.1 Å². The predicted molar refractivity (Wildman–Crippen MR) is 61.7 cm³/mol. The predicted octanol–water partition coefficient (Wildman–Crippen LogP) is 2.35. The van der Waals surface area contributed by atoms with Crippen molar-refractivity contribution in [3.8, 4) is 0 Å². The van der Waals surface area contributed by atoms with Crippen molar-refractivity contribution in [2.24, 2.45) is 5.92 Å². The third-order valence-corrected chi connectivity index (χ3v) is 3.38. The van der Waals surface area contributed by atoms with Crippen LogP contribution in [0.1, 0.15) is 44.3 Å². The van der Waals surface area contributed by atoms with Gasteiger partial charge in [0, 0.05) is 12.7 Å². The molecule has 84 valence electrons. The van der Waals surface area contributed by atoms with Crippen LogP contribution in [0.2, 0.25) is 0 Å². The van der Waals surface area contributed by atoms with Crippen LogP contribution in [0, 0.1) is 5.92 Å². The summed E-state index contributed by atoms with van der Waals surface area (Å²) in [5, 5.41) is 7.73. The Kier molecular flexibility index (Phi) is 3.41. The Morgan fingerprint density at radius 3 is 2.80 bits per heavy atom. The first kappa shape index (κ1) is 10.7. The van der Waals surface area contributed by atoms with Crippen molar-refractivity contribution in [3.63, 3.8) is 0 Å². The van der Waals surface area contributed by atoms with Crippen molar-refractivity contribution in [2.45, 2.75) is 45.2 Å². The molecule has 1 heterocycles. The second-order valence-electron chi connectivity index (χ2n) is 4.73. The number of hydrogen-bond acceptors (Lipinski definition) is 2. The van der Waals surface area contributed by atoms with E-state index in [9.17, 15) is 0 Å². The highest BCUT2D eigenvalue weighted by molar-refractivity contribution is 4.99. The molecule has 1 saturated carbocycles. The highest BCUT2D eigenvalue weighted by Gasteiger charge is 2.19. The first-order valence-corrected chi connectivity index (χ1v) is 5.98. The van der Waals surface area contributed by atoms with Crippen LogP contribution >= 0.6 is 0 Å². The quantitative estimate of drug-likeness (QED) is 0.824. The number of hydrogen-bond donors (Lipinski definition) is 1. The standard InChI is InChI=1S/C12H21N3/c1-10-3-5-12(6-4-10)15-8-7-11(14-15)9-13-2/h7-8,10,12-13H,3-6,9H2,1-2H3. The van der Waals surface area contributed by atoms with E-state index >= 15 is 0 Å². The molecule has 0 aliphatic heterocycles. The summed E-state index contributed by atoms with van der Waals surface area (Å²) in [6.45, 7) is 3.22. The van der Waals surface area contributed by atoms with Crippen LogP contribution in [0.5, 0.6) is 0 Å². The fourth-order valence-electron chi connectivity index (χ4n) is 2.36. The van der Waals surface area contributed by atoms with E-state index in [0.29, 0.717) is 6.04 Å². The molecule has 0 bridgehead atoms. The van der Waals surface area contributed by atoms with Gasteiger partial charge in [-0.25, -0.2) is 0 Å². The fourth-order valence-corrected chi connectivity index (χ4v) is 2.36. The summed E-state index contributed by atoms with van der Waals surface area (Å²) in [5.41, 5.74) is 1.15.